The number of aliphatic hydroxyl groups is 1. The molecule has 5 nitrogen and oxygen atoms in total. The highest BCUT2D eigenvalue weighted by atomic mass is 16.3. The van der Waals surface area contributed by atoms with Crippen LogP contribution in [0, 0.1) is 0 Å². The molecular formula is C17H25N3O2. The van der Waals surface area contributed by atoms with Crippen LogP contribution in [0.4, 0.5) is 5.69 Å². The van der Waals surface area contributed by atoms with Gasteiger partial charge in [-0.2, -0.15) is 0 Å². The van der Waals surface area contributed by atoms with Gasteiger partial charge < -0.3 is 14.9 Å². The molecule has 0 radical (unpaired) electrons. The molecule has 0 aliphatic carbocycles. The van der Waals surface area contributed by atoms with Crippen molar-refractivity contribution in [1.29, 1.82) is 0 Å². The van der Waals surface area contributed by atoms with Crippen LogP contribution in [0.2, 0.25) is 0 Å². The van der Waals surface area contributed by atoms with Gasteiger partial charge in [0.2, 0.25) is 5.91 Å². The number of carbonyl (C=O) groups is 1. The largest absolute Gasteiger partial charge is 0.387 e. The number of carbonyl (C=O) groups excluding carboxylic acids is 1. The van der Waals surface area contributed by atoms with Crippen molar-refractivity contribution in [3.05, 3.63) is 30.3 Å². The number of anilines is 1. The Morgan fingerprint density at radius 2 is 1.82 bits per heavy atom. The number of piperidine rings is 1. The van der Waals surface area contributed by atoms with Crippen molar-refractivity contribution < 1.29 is 9.90 Å². The molecule has 1 aromatic carbocycles. The first-order valence-electron chi connectivity index (χ1n) is 8.20. The quantitative estimate of drug-likeness (QED) is 0.897. The molecule has 0 bridgehead atoms. The highest BCUT2D eigenvalue weighted by Crippen LogP contribution is 2.20. The number of hydrogen-bond acceptors (Lipinski definition) is 4. The Hall–Kier alpha value is -1.59. The van der Waals surface area contributed by atoms with Gasteiger partial charge in [0.05, 0.1) is 0 Å². The van der Waals surface area contributed by atoms with Gasteiger partial charge in [0.1, 0.15) is 6.61 Å². The van der Waals surface area contributed by atoms with Gasteiger partial charge in [-0.3, -0.25) is 9.69 Å². The zero-order valence-electron chi connectivity index (χ0n) is 13.0. The lowest BCUT2D eigenvalue weighted by Gasteiger charge is -2.43. The summed E-state index contributed by atoms with van der Waals surface area (Å²) < 4.78 is 0. The van der Waals surface area contributed by atoms with E-state index in [1.54, 1.807) is 0 Å². The molecule has 5 heteroatoms. The van der Waals surface area contributed by atoms with Crippen molar-refractivity contribution in [3.63, 3.8) is 0 Å². The van der Waals surface area contributed by atoms with E-state index in [0.29, 0.717) is 6.04 Å². The second-order valence-electron chi connectivity index (χ2n) is 6.15. The first kappa shape index (κ1) is 15.3. The van der Waals surface area contributed by atoms with Crippen LogP contribution in [0.15, 0.2) is 30.3 Å². The number of likely N-dealkylation sites (tertiary alicyclic amines) is 1. The minimum Gasteiger partial charge on any atom is -0.387 e. The monoisotopic (exact) mass is 303 g/mol. The Balaban J connectivity index is 1.54. The van der Waals surface area contributed by atoms with Crippen LogP contribution in [0.3, 0.4) is 0 Å². The SMILES string of the molecule is O=C(CO)N1CCC[C@H](N2CCN(c3ccccc3)CC2)C1. The van der Waals surface area contributed by atoms with E-state index in [9.17, 15) is 4.79 Å². The number of para-hydroxylation sites is 1. The first-order valence-corrected chi connectivity index (χ1v) is 8.20. The summed E-state index contributed by atoms with van der Waals surface area (Å²) in [5.41, 5.74) is 1.29. The zero-order valence-corrected chi connectivity index (χ0v) is 13.0. The highest BCUT2D eigenvalue weighted by molar-refractivity contribution is 5.77. The molecule has 0 spiro atoms. The molecule has 1 N–H and O–H groups in total. The molecule has 2 heterocycles. The standard InChI is InChI=1S/C17H25N3O2/c21-14-17(22)20-8-4-7-16(13-20)19-11-9-18(10-12-19)15-5-2-1-3-6-15/h1-3,5-6,16,21H,4,7-14H2/t16-/m0/s1. The minimum absolute atomic E-state index is 0.132. The van der Waals surface area contributed by atoms with E-state index in [4.69, 9.17) is 5.11 Å². The lowest BCUT2D eigenvalue weighted by molar-refractivity contribution is -0.136. The van der Waals surface area contributed by atoms with E-state index in [0.717, 1.165) is 52.1 Å². The summed E-state index contributed by atoms with van der Waals surface area (Å²) >= 11 is 0. The summed E-state index contributed by atoms with van der Waals surface area (Å²) in [5.74, 6) is -0.132. The molecule has 1 aromatic rings. The molecule has 22 heavy (non-hydrogen) atoms. The Morgan fingerprint density at radius 3 is 2.50 bits per heavy atom. The third-order valence-corrected chi connectivity index (χ3v) is 4.84. The van der Waals surface area contributed by atoms with Gasteiger partial charge in [-0.15, -0.1) is 0 Å². The second kappa shape index (κ2) is 7.11. The third kappa shape index (κ3) is 3.42. The molecule has 0 aromatic heterocycles. The predicted molar refractivity (Wildman–Crippen MR) is 86.9 cm³/mol. The van der Waals surface area contributed by atoms with Gasteiger partial charge in [-0.1, -0.05) is 18.2 Å². The van der Waals surface area contributed by atoms with Crippen molar-refractivity contribution in [1.82, 2.24) is 9.80 Å². The molecule has 3 rings (SSSR count). The Labute approximate surface area is 132 Å². The molecule has 2 fully saturated rings. The van der Waals surface area contributed by atoms with Gasteiger partial charge >= 0.3 is 0 Å². The Kier molecular flexibility index (Phi) is 4.95. The van der Waals surface area contributed by atoms with Crippen LogP contribution in [0.5, 0.6) is 0 Å². The van der Waals surface area contributed by atoms with Crippen molar-refractivity contribution in [2.75, 3.05) is 50.8 Å². The number of nitrogens with zero attached hydrogens (tertiary/aromatic N) is 3. The van der Waals surface area contributed by atoms with Crippen molar-refractivity contribution in [3.8, 4) is 0 Å². The number of aliphatic hydroxyl groups excluding tert-OH is 1. The lowest BCUT2D eigenvalue weighted by atomic mass is 10.0. The normalized spacial score (nSPS) is 23.6. The minimum atomic E-state index is -0.367. The molecular weight excluding hydrogens is 278 g/mol. The molecule has 2 aliphatic rings. The maximum atomic E-state index is 11.7. The van der Waals surface area contributed by atoms with E-state index >= 15 is 0 Å². The Bertz CT molecular complexity index is 486. The average Bonchev–Trinajstić information content (AvgIpc) is 2.62. The first-order chi connectivity index (χ1) is 10.8. The molecule has 120 valence electrons. The highest BCUT2D eigenvalue weighted by Gasteiger charge is 2.29. The number of piperazine rings is 1. The van der Waals surface area contributed by atoms with E-state index < -0.39 is 0 Å². The van der Waals surface area contributed by atoms with Gasteiger partial charge in [0, 0.05) is 51.0 Å². The number of amides is 1. The van der Waals surface area contributed by atoms with Gasteiger partial charge in [0.25, 0.3) is 0 Å². The van der Waals surface area contributed by atoms with Gasteiger partial charge in [-0.05, 0) is 25.0 Å². The van der Waals surface area contributed by atoms with Crippen LogP contribution < -0.4 is 4.90 Å². The smallest absolute Gasteiger partial charge is 0.248 e. The van der Waals surface area contributed by atoms with Crippen molar-refractivity contribution >= 4 is 11.6 Å². The number of hydrogen-bond donors (Lipinski definition) is 1. The van der Waals surface area contributed by atoms with Crippen LogP contribution in [0.1, 0.15) is 12.8 Å². The van der Waals surface area contributed by atoms with E-state index in [1.807, 2.05) is 4.90 Å². The predicted octanol–water partition coefficient (Wildman–Crippen LogP) is 0.792. The molecule has 0 saturated carbocycles. The summed E-state index contributed by atoms with van der Waals surface area (Å²) in [6.45, 7) is 5.35. The maximum Gasteiger partial charge on any atom is 0.248 e. The fraction of sp³-hybridized carbons (Fsp3) is 0.588. The van der Waals surface area contributed by atoms with E-state index in [1.165, 1.54) is 5.69 Å². The number of rotatable bonds is 3. The third-order valence-electron chi connectivity index (χ3n) is 4.84. The van der Waals surface area contributed by atoms with Crippen LogP contribution >= 0.6 is 0 Å². The van der Waals surface area contributed by atoms with Crippen LogP contribution in [0.25, 0.3) is 0 Å². The zero-order chi connectivity index (χ0) is 15.4. The fourth-order valence-electron chi connectivity index (χ4n) is 3.56. The molecule has 0 unspecified atom stereocenters. The molecule has 2 saturated heterocycles. The lowest BCUT2D eigenvalue weighted by Crippen LogP contribution is -2.56. The van der Waals surface area contributed by atoms with Crippen LogP contribution in [-0.4, -0.2) is 72.7 Å². The molecule has 2 aliphatic heterocycles. The molecule has 1 amide bonds. The van der Waals surface area contributed by atoms with Crippen molar-refractivity contribution in [2.45, 2.75) is 18.9 Å². The maximum absolute atomic E-state index is 11.7. The van der Waals surface area contributed by atoms with Crippen molar-refractivity contribution in [2.24, 2.45) is 0 Å². The van der Waals surface area contributed by atoms with Crippen LogP contribution in [-0.2, 0) is 4.79 Å². The fourth-order valence-corrected chi connectivity index (χ4v) is 3.56. The topological polar surface area (TPSA) is 47.0 Å². The Morgan fingerprint density at radius 1 is 1.09 bits per heavy atom. The molecule has 1 atom stereocenters. The summed E-state index contributed by atoms with van der Waals surface area (Å²) in [6, 6.07) is 11.0. The average molecular weight is 303 g/mol. The summed E-state index contributed by atoms with van der Waals surface area (Å²) in [4.78, 5) is 18.4. The van der Waals surface area contributed by atoms with Gasteiger partial charge in [0.15, 0.2) is 0 Å². The second-order valence-corrected chi connectivity index (χ2v) is 6.15. The summed E-state index contributed by atoms with van der Waals surface area (Å²) in [5, 5.41) is 9.03. The summed E-state index contributed by atoms with van der Waals surface area (Å²) in [6.07, 6.45) is 2.19. The number of benzene rings is 1. The van der Waals surface area contributed by atoms with Gasteiger partial charge in [-0.25, -0.2) is 0 Å². The van der Waals surface area contributed by atoms with E-state index in [2.05, 4.69) is 40.1 Å². The summed E-state index contributed by atoms with van der Waals surface area (Å²) in [7, 11) is 0. The van der Waals surface area contributed by atoms with E-state index in [-0.39, 0.29) is 12.5 Å².